The van der Waals surface area contributed by atoms with Gasteiger partial charge in [0, 0.05) is 11.3 Å². The maximum Gasteiger partial charge on any atom is 0.155 e. The summed E-state index contributed by atoms with van der Waals surface area (Å²) in [4.78, 5) is 5.02. The molecule has 2 rings (SSSR count). The van der Waals surface area contributed by atoms with Crippen molar-refractivity contribution in [2.24, 2.45) is 0 Å². The quantitative estimate of drug-likeness (QED) is 0.774. The van der Waals surface area contributed by atoms with Gasteiger partial charge in [0.05, 0.1) is 17.2 Å². The van der Waals surface area contributed by atoms with Crippen molar-refractivity contribution in [2.45, 2.75) is 25.2 Å². The van der Waals surface area contributed by atoms with Gasteiger partial charge in [-0.25, -0.2) is 13.4 Å². The second-order valence-electron chi connectivity index (χ2n) is 3.44. The highest BCUT2D eigenvalue weighted by molar-refractivity contribution is 7.90. The van der Waals surface area contributed by atoms with E-state index in [0.29, 0.717) is 11.4 Å². The number of hydrogen-bond donors (Lipinski definition) is 1. The highest BCUT2D eigenvalue weighted by atomic mass is 32.2. The molecule has 0 bridgehead atoms. The Kier molecular flexibility index (Phi) is 2.36. The fraction of sp³-hybridized carbons (Fsp3) is 0.625. The van der Waals surface area contributed by atoms with Crippen LogP contribution in [-0.2, 0) is 22.0 Å². The molecule has 0 saturated heterocycles. The molecule has 6 heteroatoms. The number of nitrogens with zero attached hydrogens (tertiary/aromatic N) is 1. The molecule has 1 aliphatic heterocycles. The van der Waals surface area contributed by atoms with Crippen molar-refractivity contribution in [1.82, 2.24) is 4.98 Å². The maximum absolute atomic E-state index is 11.3. The second kappa shape index (κ2) is 3.29. The minimum Gasteiger partial charge on any atom is -0.386 e. The van der Waals surface area contributed by atoms with Crippen LogP contribution in [-0.4, -0.2) is 24.3 Å². The Labute approximate surface area is 86.5 Å². The van der Waals surface area contributed by atoms with Gasteiger partial charge < -0.3 is 5.11 Å². The summed E-state index contributed by atoms with van der Waals surface area (Å²) in [5, 5.41) is 9.92. The van der Waals surface area contributed by atoms with Crippen molar-refractivity contribution < 1.29 is 13.5 Å². The Morgan fingerprint density at radius 3 is 2.93 bits per heavy atom. The van der Waals surface area contributed by atoms with E-state index in [-0.39, 0.29) is 11.5 Å². The number of aliphatic hydroxyl groups excluding tert-OH is 1. The number of aryl methyl sites for hydroxylation is 1. The molecule has 0 radical (unpaired) electrons. The molecule has 1 aliphatic rings. The summed E-state index contributed by atoms with van der Waals surface area (Å²) in [6.45, 7) is 1.64. The Morgan fingerprint density at radius 2 is 2.29 bits per heavy atom. The Hall–Kier alpha value is -0.460. The van der Waals surface area contributed by atoms with E-state index in [1.54, 1.807) is 6.92 Å². The van der Waals surface area contributed by atoms with Crippen molar-refractivity contribution >= 4 is 21.2 Å². The van der Waals surface area contributed by atoms with Gasteiger partial charge in [0.15, 0.2) is 9.84 Å². The van der Waals surface area contributed by atoms with E-state index >= 15 is 0 Å². The van der Waals surface area contributed by atoms with E-state index in [1.807, 2.05) is 0 Å². The average molecular weight is 233 g/mol. The lowest BCUT2D eigenvalue weighted by Crippen LogP contribution is -2.17. The zero-order valence-corrected chi connectivity index (χ0v) is 9.36. The molecule has 0 fully saturated rings. The van der Waals surface area contributed by atoms with Crippen LogP contribution in [0.4, 0.5) is 0 Å². The summed E-state index contributed by atoms with van der Waals surface area (Å²) < 4.78 is 22.6. The van der Waals surface area contributed by atoms with Gasteiger partial charge in [-0.1, -0.05) is 0 Å². The van der Waals surface area contributed by atoms with E-state index in [2.05, 4.69) is 4.98 Å². The van der Waals surface area contributed by atoms with Gasteiger partial charge in [-0.05, 0) is 6.92 Å². The van der Waals surface area contributed by atoms with Crippen LogP contribution in [0.5, 0.6) is 0 Å². The monoisotopic (exact) mass is 233 g/mol. The summed E-state index contributed by atoms with van der Waals surface area (Å²) in [5.41, 5.74) is 0.848. The average Bonchev–Trinajstić information content (AvgIpc) is 2.45. The van der Waals surface area contributed by atoms with Crippen molar-refractivity contribution in [3.05, 3.63) is 15.6 Å². The number of thiazole rings is 1. The zero-order valence-electron chi connectivity index (χ0n) is 7.73. The van der Waals surface area contributed by atoms with Crippen molar-refractivity contribution in [1.29, 1.82) is 0 Å². The first-order valence-corrected chi connectivity index (χ1v) is 6.99. The first kappa shape index (κ1) is 10.1. The van der Waals surface area contributed by atoms with Gasteiger partial charge in [-0.2, -0.15) is 0 Å². The summed E-state index contributed by atoms with van der Waals surface area (Å²) in [7, 11) is -2.92. The molecule has 0 aromatic carbocycles. The van der Waals surface area contributed by atoms with Crippen molar-refractivity contribution in [2.75, 3.05) is 5.75 Å². The minimum atomic E-state index is -2.92. The second-order valence-corrected chi connectivity index (χ2v) is 6.74. The number of aromatic nitrogens is 1. The normalized spacial score (nSPS) is 21.6. The summed E-state index contributed by atoms with van der Waals surface area (Å²) in [6.07, 6.45) is -0.116. The number of rotatable bonds is 1. The topological polar surface area (TPSA) is 67.3 Å². The molecule has 14 heavy (non-hydrogen) atoms. The van der Waals surface area contributed by atoms with E-state index in [4.69, 9.17) is 0 Å². The summed E-state index contributed by atoms with van der Waals surface area (Å²) in [6, 6.07) is 0. The van der Waals surface area contributed by atoms with Gasteiger partial charge in [0.25, 0.3) is 0 Å². The molecule has 1 atom stereocenters. The molecule has 4 nitrogen and oxygen atoms in total. The van der Waals surface area contributed by atoms with Gasteiger partial charge in [-0.15, -0.1) is 11.3 Å². The van der Waals surface area contributed by atoms with Crippen LogP contribution in [0.1, 0.15) is 28.6 Å². The summed E-state index contributed by atoms with van der Waals surface area (Å²) >= 11 is 1.31. The minimum absolute atomic E-state index is 0.0900. The van der Waals surface area contributed by atoms with Gasteiger partial charge in [0.2, 0.25) is 0 Å². The third-order valence-corrected chi connectivity index (χ3v) is 5.16. The molecule has 1 unspecified atom stereocenters. The van der Waals surface area contributed by atoms with E-state index < -0.39 is 15.9 Å². The van der Waals surface area contributed by atoms with Crippen molar-refractivity contribution in [3.8, 4) is 0 Å². The molecular formula is C8H11NO3S2. The molecule has 1 N–H and O–H groups in total. The molecular weight excluding hydrogens is 222 g/mol. The fourth-order valence-corrected chi connectivity index (χ4v) is 4.25. The van der Waals surface area contributed by atoms with Gasteiger partial charge >= 0.3 is 0 Å². The van der Waals surface area contributed by atoms with E-state index in [0.717, 1.165) is 10.6 Å². The Bertz CT molecular complexity index is 447. The predicted octanol–water partition coefficient (Wildman–Crippen LogP) is 0.667. The van der Waals surface area contributed by atoms with E-state index in [1.165, 1.54) is 11.3 Å². The highest BCUT2D eigenvalue weighted by Gasteiger charge is 2.25. The zero-order chi connectivity index (χ0) is 10.3. The lowest BCUT2D eigenvalue weighted by Gasteiger charge is -2.09. The third kappa shape index (κ3) is 1.82. The molecule has 1 aromatic rings. The Balaban J connectivity index is 2.39. The molecule has 0 aliphatic carbocycles. The number of fused-ring (bicyclic) bond motifs is 1. The van der Waals surface area contributed by atoms with Gasteiger partial charge in [0.1, 0.15) is 11.1 Å². The highest BCUT2D eigenvalue weighted by Crippen LogP contribution is 2.29. The van der Waals surface area contributed by atoms with Gasteiger partial charge in [-0.3, -0.25) is 0 Å². The summed E-state index contributed by atoms with van der Waals surface area (Å²) in [5.74, 6) is 0.274. The standard InChI is InChI=1S/C8H11NO3S2/c1-5(10)8-9-6-2-3-14(11,12)4-7(6)13-8/h5,10H,2-4H2,1H3. The van der Waals surface area contributed by atoms with Crippen LogP contribution in [0.2, 0.25) is 0 Å². The number of hydrogen-bond acceptors (Lipinski definition) is 5. The third-order valence-electron chi connectivity index (χ3n) is 2.15. The van der Waals surface area contributed by atoms with Crippen molar-refractivity contribution in [3.63, 3.8) is 0 Å². The predicted molar refractivity (Wildman–Crippen MR) is 53.9 cm³/mol. The molecule has 1 aromatic heterocycles. The maximum atomic E-state index is 11.3. The van der Waals surface area contributed by atoms with Crippen LogP contribution in [0.25, 0.3) is 0 Å². The lowest BCUT2D eigenvalue weighted by molar-refractivity contribution is 0.198. The number of aliphatic hydroxyl groups is 1. The smallest absolute Gasteiger partial charge is 0.155 e. The molecule has 0 spiro atoms. The molecule has 2 heterocycles. The lowest BCUT2D eigenvalue weighted by atomic mass is 10.3. The van der Waals surface area contributed by atoms with Crippen LogP contribution >= 0.6 is 11.3 Å². The molecule has 0 saturated carbocycles. The fourth-order valence-electron chi connectivity index (χ4n) is 1.41. The van der Waals surface area contributed by atoms with Crippen LogP contribution in [0.3, 0.4) is 0 Å². The van der Waals surface area contributed by atoms with Crippen LogP contribution in [0, 0.1) is 0 Å². The number of sulfone groups is 1. The van der Waals surface area contributed by atoms with E-state index in [9.17, 15) is 13.5 Å². The Morgan fingerprint density at radius 1 is 1.57 bits per heavy atom. The SMILES string of the molecule is CC(O)c1nc2c(s1)CS(=O)(=O)CC2. The molecule has 0 amide bonds. The molecule has 78 valence electrons. The largest absolute Gasteiger partial charge is 0.386 e. The van der Waals surface area contributed by atoms with Crippen LogP contribution < -0.4 is 0 Å². The first-order chi connectivity index (χ1) is 6.48. The van der Waals surface area contributed by atoms with Crippen LogP contribution in [0.15, 0.2) is 0 Å². The first-order valence-electron chi connectivity index (χ1n) is 4.35.